The van der Waals surface area contributed by atoms with E-state index in [0.717, 1.165) is 19.6 Å². The predicted molar refractivity (Wildman–Crippen MR) is 45.9 cm³/mol. The summed E-state index contributed by atoms with van der Waals surface area (Å²) in [6.45, 7) is 9.45. The summed E-state index contributed by atoms with van der Waals surface area (Å²) >= 11 is 0. The molecule has 0 saturated carbocycles. The predicted octanol–water partition coefficient (Wildman–Crippen LogP) is 0.827. The first kappa shape index (κ1) is 9.92. The standard InChI is InChI=1S/C8H20N2/c1-4-10-6-8(5-9)7(2)3/h7-8,10H,4-6,9H2,1-3H3. The number of hydrogen-bond donors (Lipinski definition) is 2. The van der Waals surface area contributed by atoms with Crippen molar-refractivity contribution in [3.63, 3.8) is 0 Å². The zero-order valence-corrected chi connectivity index (χ0v) is 7.35. The van der Waals surface area contributed by atoms with Gasteiger partial charge in [0.25, 0.3) is 0 Å². The molecule has 0 saturated heterocycles. The molecule has 0 heterocycles. The van der Waals surface area contributed by atoms with Crippen molar-refractivity contribution < 1.29 is 0 Å². The quantitative estimate of drug-likeness (QED) is 0.599. The van der Waals surface area contributed by atoms with Crippen LogP contribution >= 0.6 is 0 Å². The van der Waals surface area contributed by atoms with Crippen LogP contribution in [0.25, 0.3) is 0 Å². The van der Waals surface area contributed by atoms with E-state index in [1.165, 1.54) is 0 Å². The second kappa shape index (κ2) is 5.69. The van der Waals surface area contributed by atoms with Gasteiger partial charge in [0.2, 0.25) is 0 Å². The summed E-state index contributed by atoms with van der Waals surface area (Å²) in [4.78, 5) is 0. The lowest BCUT2D eigenvalue weighted by Crippen LogP contribution is -2.31. The van der Waals surface area contributed by atoms with E-state index in [1.54, 1.807) is 0 Å². The van der Waals surface area contributed by atoms with Gasteiger partial charge in [-0.05, 0) is 31.5 Å². The van der Waals surface area contributed by atoms with E-state index in [1.807, 2.05) is 0 Å². The minimum atomic E-state index is 0.639. The van der Waals surface area contributed by atoms with Crippen LogP contribution in [0.4, 0.5) is 0 Å². The van der Waals surface area contributed by atoms with Gasteiger partial charge in [-0.1, -0.05) is 20.8 Å². The molecule has 1 unspecified atom stereocenters. The summed E-state index contributed by atoms with van der Waals surface area (Å²) in [5, 5.41) is 3.30. The Morgan fingerprint density at radius 1 is 1.40 bits per heavy atom. The zero-order chi connectivity index (χ0) is 7.98. The summed E-state index contributed by atoms with van der Waals surface area (Å²) in [7, 11) is 0. The van der Waals surface area contributed by atoms with Gasteiger partial charge in [0.15, 0.2) is 0 Å². The molecule has 2 heteroatoms. The molecular formula is C8H20N2. The first-order chi connectivity index (χ1) is 4.72. The maximum Gasteiger partial charge on any atom is -0.000612 e. The molecular weight excluding hydrogens is 124 g/mol. The van der Waals surface area contributed by atoms with Crippen LogP contribution in [0.1, 0.15) is 20.8 Å². The molecule has 0 aromatic rings. The van der Waals surface area contributed by atoms with E-state index in [9.17, 15) is 0 Å². The Hall–Kier alpha value is -0.0800. The van der Waals surface area contributed by atoms with Gasteiger partial charge in [-0.3, -0.25) is 0 Å². The minimum Gasteiger partial charge on any atom is -0.330 e. The highest BCUT2D eigenvalue weighted by molar-refractivity contribution is 4.65. The Morgan fingerprint density at radius 2 is 2.00 bits per heavy atom. The number of rotatable bonds is 5. The molecule has 0 fully saturated rings. The highest BCUT2D eigenvalue weighted by Crippen LogP contribution is 2.06. The van der Waals surface area contributed by atoms with Gasteiger partial charge in [0.1, 0.15) is 0 Å². The van der Waals surface area contributed by atoms with Gasteiger partial charge >= 0.3 is 0 Å². The average molecular weight is 144 g/mol. The lowest BCUT2D eigenvalue weighted by Gasteiger charge is -2.18. The number of nitrogens with one attached hydrogen (secondary N) is 1. The van der Waals surface area contributed by atoms with Crippen LogP contribution in [0.15, 0.2) is 0 Å². The molecule has 0 aliphatic heterocycles. The third kappa shape index (κ3) is 3.85. The number of hydrogen-bond acceptors (Lipinski definition) is 2. The van der Waals surface area contributed by atoms with Crippen LogP contribution in [0.3, 0.4) is 0 Å². The highest BCUT2D eigenvalue weighted by atomic mass is 14.9. The van der Waals surface area contributed by atoms with Gasteiger partial charge in [-0.15, -0.1) is 0 Å². The maximum atomic E-state index is 5.57. The lowest BCUT2D eigenvalue weighted by molar-refractivity contribution is 0.375. The van der Waals surface area contributed by atoms with Crippen molar-refractivity contribution in [3.8, 4) is 0 Å². The molecule has 0 amide bonds. The molecule has 1 atom stereocenters. The largest absolute Gasteiger partial charge is 0.330 e. The third-order valence-electron chi connectivity index (χ3n) is 1.90. The van der Waals surface area contributed by atoms with Crippen molar-refractivity contribution in [2.24, 2.45) is 17.6 Å². The Bertz CT molecular complexity index is 71.7. The normalized spacial score (nSPS) is 14.1. The fourth-order valence-corrected chi connectivity index (χ4v) is 0.921. The van der Waals surface area contributed by atoms with Gasteiger partial charge in [0, 0.05) is 0 Å². The van der Waals surface area contributed by atoms with Gasteiger partial charge in [-0.25, -0.2) is 0 Å². The second-order valence-electron chi connectivity index (χ2n) is 3.05. The van der Waals surface area contributed by atoms with Crippen molar-refractivity contribution in [1.29, 1.82) is 0 Å². The van der Waals surface area contributed by atoms with Crippen LogP contribution in [-0.2, 0) is 0 Å². The second-order valence-corrected chi connectivity index (χ2v) is 3.05. The van der Waals surface area contributed by atoms with Gasteiger partial charge in [-0.2, -0.15) is 0 Å². The fourth-order valence-electron chi connectivity index (χ4n) is 0.921. The molecule has 0 aliphatic rings. The van der Waals surface area contributed by atoms with Crippen molar-refractivity contribution in [2.75, 3.05) is 19.6 Å². The molecule has 0 bridgehead atoms. The molecule has 0 rings (SSSR count). The molecule has 0 spiro atoms. The molecule has 0 aromatic carbocycles. The topological polar surface area (TPSA) is 38.0 Å². The molecule has 10 heavy (non-hydrogen) atoms. The Kier molecular flexibility index (Phi) is 5.64. The van der Waals surface area contributed by atoms with E-state index in [-0.39, 0.29) is 0 Å². The molecule has 0 radical (unpaired) electrons. The molecule has 3 N–H and O–H groups in total. The summed E-state index contributed by atoms with van der Waals surface area (Å²) in [6, 6.07) is 0. The van der Waals surface area contributed by atoms with Crippen LogP contribution < -0.4 is 11.1 Å². The van der Waals surface area contributed by atoms with Crippen molar-refractivity contribution in [3.05, 3.63) is 0 Å². The van der Waals surface area contributed by atoms with Crippen LogP contribution in [-0.4, -0.2) is 19.6 Å². The minimum absolute atomic E-state index is 0.639. The van der Waals surface area contributed by atoms with E-state index in [0.29, 0.717) is 11.8 Å². The van der Waals surface area contributed by atoms with Gasteiger partial charge < -0.3 is 11.1 Å². The molecule has 62 valence electrons. The van der Waals surface area contributed by atoms with Crippen molar-refractivity contribution in [2.45, 2.75) is 20.8 Å². The summed E-state index contributed by atoms with van der Waals surface area (Å²) in [6.07, 6.45) is 0. The van der Waals surface area contributed by atoms with Crippen LogP contribution in [0, 0.1) is 11.8 Å². The summed E-state index contributed by atoms with van der Waals surface area (Å²) in [5.74, 6) is 1.34. The van der Waals surface area contributed by atoms with E-state index >= 15 is 0 Å². The Balaban J connectivity index is 3.40. The van der Waals surface area contributed by atoms with Crippen LogP contribution in [0.5, 0.6) is 0 Å². The van der Waals surface area contributed by atoms with Crippen molar-refractivity contribution >= 4 is 0 Å². The highest BCUT2D eigenvalue weighted by Gasteiger charge is 2.09. The Labute approximate surface area is 64.2 Å². The molecule has 2 nitrogen and oxygen atoms in total. The van der Waals surface area contributed by atoms with Gasteiger partial charge in [0.05, 0.1) is 0 Å². The first-order valence-electron chi connectivity index (χ1n) is 4.13. The smallest absolute Gasteiger partial charge is 0.000612 e. The van der Waals surface area contributed by atoms with Crippen molar-refractivity contribution in [1.82, 2.24) is 5.32 Å². The average Bonchev–Trinajstić information content (AvgIpc) is 1.89. The SMILES string of the molecule is CCNCC(CN)C(C)C. The molecule has 0 aliphatic carbocycles. The third-order valence-corrected chi connectivity index (χ3v) is 1.90. The summed E-state index contributed by atoms with van der Waals surface area (Å²) < 4.78 is 0. The fraction of sp³-hybridized carbons (Fsp3) is 1.00. The number of nitrogens with two attached hydrogens (primary N) is 1. The van der Waals surface area contributed by atoms with E-state index in [4.69, 9.17) is 5.73 Å². The maximum absolute atomic E-state index is 5.57. The monoisotopic (exact) mass is 144 g/mol. The summed E-state index contributed by atoms with van der Waals surface area (Å²) in [5.41, 5.74) is 5.57. The lowest BCUT2D eigenvalue weighted by atomic mass is 9.96. The van der Waals surface area contributed by atoms with E-state index < -0.39 is 0 Å². The molecule has 0 aromatic heterocycles. The van der Waals surface area contributed by atoms with E-state index in [2.05, 4.69) is 26.1 Å². The van der Waals surface area contributed by atoms with Crippen LogP contribution in [0.2, 0.25) is 0 Å². The zero-order valence-electron chi connectivity index (χ0n) is 7.35. The first-order valence-corrected chi connectivity index (χ1v) is 4.13. The Morgan fingerprint density at radius 3 is 2.30 bits per heavy atom.